The summed E-state index contributed by atoms with van der Waals surface area (Å²) in [6, 6.07) is 1.75. The van der Waals surface area contributed by atoms with Crippen LogP contribution in [0.25, 0.3) is 0 Å². The number of ether oxygens (including phenoxy) is 1. The summed E-state index contributed by atoms with van der Waals surface area (Å²) in [6.07, 6.45) is 2.98. The van der Waals surface area contributed by atoms with Gasteiger partial charge in [0.25, 0.3) is 0 Å². The van der Waals surface area contributed by atoms with E-state index in [1.54, 1.807) is 6.07 Å². The highest BCUT2D eigenvalue weighted by Crippen LogP contribution is 2.31. The van der Waals surface area contributed by atoms with E-state index in [0.717, 1.165) is 71.0 Å². The molecule has 2 aliphatic heterocycles. The number of amides is 2. The molecule has 0 bridgehead atoms. The van der Waals surface area contributed by atoms with Gasteiger partial charge in [0.05, 0.1) is 19.0 Å². The molecule has 1 aromatic heterocycles. The average Bonchev–Trinajstić information content (AvgIpc) is 3.66. The van der Waals surface area contributed by atoms with E-state index in [-0.39, 0.29) is 23.5 Å². The van der Waals surface area contributed by atoms with E-state index in [2.05, 4.69) is 25.1 Å². The molecule has 176 valence electrons. The standard InChI is InChI=1S/C21H31ClN6O3S/c22-17-14-18(27-6-8-28(9-7-27)20(30)16-2-3-16)25-21(24-17)32-15-19(29)23-4-1-5-26-10-12-31-13-11-26/h14,16H,1-13,15H2,(H,23,29). The van der Waals surface area contributed by atoms with E-state index < -0.39 is 0 Å². The van der Waals surface area contributed by atoms with Gasteiger partial charge in [-0.1, -0.05) is 23.4 Å². The van der Waals surface area contributed by atoms with E-state index in [0.29, 0.717) is 29.9 Å². The first-order valence-corrected chi connectivity index (χ1v) is 12.7. The number of carbonyl (C=O) groups is 2. The largest absolute Gasteiger partial charge is 0.379 e. The topological polar surface area (TPSA) is 90.9 Å². The van der Waals surface area contributed by atoms with Crippen molar-refractivity contribution in [3.63, 3.8) is 0 Å². The van der Waals surface area contributed by atoms with Crippen molar-refractivity contribution < 1.29 is 14.3 Å². The van der Waals surface area contributed by atoms with Crippen molar-refractivity contribution in [1.29, 1.82) is 0 Å². The van der Waals surface area contributed by atoms with Gasteiger partial charge >= 0.3 is 0 Å². The minimum Gasteiger partial charge on any atom is -0.379 e. The maximum absolute atomic E-state index is 12.2. The van der Waals surface area contributed by atoms with Crippen LogP contribution < -0.4 is 10.2 Å². The number of halogens is 1. The summed E-state index contributed by atoms with van der Waals surface area (Å²) in [6.45, 7) is 7.98. The van der Waals surface area contributed by atoms with Crippen molar-refractivity contribution in [3.8, 4) is 0 Å². The van der Waals surface area contributed by atoms with Crippen LogP contribution in [0.2, 0.25) is 5.15 Å². The molecule has 0 spiro atoms. The lowest BCUT2D eigenvalue weighted by Crippen LogP contribution is -2.49. The Kier molecular flexibility index (Phi) is 8.45. The van der Waals surface area contributed by atoms with Gasteiger partial charge in [-0.2, -0.15) is 0 Å². The lowest BCUT2D eigenvalue weighted by atomic mass is 10.2. The van der Waals surface area contributed by atoms with Crippen LogP contribution in [0.5, 0.6) is 0 Å². The Morgan fingerprint density at radius 2 is 1.88 bits per heavy atom. The lowest BCUT2D eigenvalue weighted by molar-refractivity contribution is -0.132. The molecule has 9 nitrogen and oxygen atoms in total. The molecule has 2 saturated heterocycles. The van der Waals surface area contributed by atoms with Gasteiger partial charge in [0, 0.05) is 57.8 Å². The predicted molar refractivity (Wildman–Crippen MR) is 124 cm³/mol. The Morgan fingerprint density at radius 1 is 1.12 bits per heavy atom. The zero-order valence-electron chi connectivity index (χ0n) is 18.3. The van der Waals surface area contributed by atoms with Crippen LogP contribution in [0.1, 0.15) is 19.3 Å². The number of rotatable bonds is 9. The van der Waals surface area contributed by atoms with Crippen LogP contribution in [-0.4, -0.2) is 103 Å². The van der Waals surface area contributed by atoms with Gasteiger partial charge in [-0.3, -0.25) is 14.5 Å². The molecule has 0 atom stereocenters. The second-order valence-electron chi connectivity index (χ2n) is 8.36. The van der Waals surface area contributed by atoms with Crippen molar-refractivity contribution >= 4 is 41.0 Å². The average molecular weight is 483 g/mol. The van der Waals surface area contributed by atoms with Gasteiger partial charge < -0.3 is 19.9 Å². The number of nitrogens with one attached hydrogen (secondary N) is 1. The first-order valence-electron chi connectivity index (χ1n) is 11.4. The first kappa shape index (κ1) is 23.5. The minimum atomic E-state index is -0.0331. The summed E-state index contributed by atoms with van der Waals surface area (Å²) in [4.78, 5) is 39.7. The van der Waals surface area contributed by atoms with Crippen LogP contribution in [-0.2, 0) is 14.3 Å². The lowest BCUT2D eigenvalue weighted by Gasteiger charge is -2.35. The zero-order valence-corrected chi connectivity index (χ0v) is 19.9. The summed E-state index contributed by atoms with van der Waals surface area (Å²) in [5.74, 6) is 1.51. The van der Waals surface area contributed by atoms with E-state index in [4.69, 9.17) is 16.3 Å². The number of aromatic nitrogens is 2. The van der Waals surface area contributed by atoms with Crippen molar-refractivity contribution in [2.45, 2.75) is 24.4 Å². The van der Waals surface area contributed by atoms with E-state index in [1.807, 2.05) is 4.90 Å². The molecule has 0 aromatic carbocycles. The molecule has 3 heterocycles. The maximum Gasteiger partial charge on any atom is 0.230 e. The van der Waals surface area contributed by atoms with E-state index in [1.165, 1.54) is 11.8 Å². The number of anilines is 1. The smallest absolute Gasteiger partial charge is 0.230 e. The minimum absolute atomic E-state index is 0.0331. The molecule has 2 amide bonds. The van der Waals surface area contributed by atoms with Gasteiger partial charge in [-0.15, -0.1) is 0 Å². The van der Waals surface area contributed by atoms with Crippen molar-refractivity contribution in [1.82, 2.24) is 25.1 Å². The third kappa shape index (κ3) is 6.94. The second kappa shape index (κ2) is 11.5. The number of nitrogens with zero attached hydrogens (tertiary/aromatic N) is 5. The summed E-state index contributed by atoms with van der Waals surface area (Å²) < 4.78 is 5.34. The third-order valence-electron chi connectivity index (χ3n) is 5.91. The highest BCUT2D eigenvalue weighted by molar-refractivity contribution is 7.99. The van der Waals surface area contributed by atoms with Gasteiger partial charge in [-0.05, 0) is 25.8 Å². The molecule has 4 rings (SSSR count). The SMILES string of the molecule is O=C(CSc1nc(Cl)cc(N2CCN(C(=O)C3CC3)CC2)n1)NCCCN1CCOCC1. The molecular weight excluding hydrogens is 452 g/mol. The summed E-state index contributed by atoms with van der Waals surface area (Å²) in [5.41, 5.74) is 0. The summed E-state index contributed by atoms with van der Waals surface area (Å²) >= 11 is 7.51. The highest BCUT2D eigenvalue weighted by atomic mass is 35.5. The Hall–Kier alpha value is -1.62. The Balaban J connectivity index is 1.19. The van der Waals surface area contributed by atoms with Gasteiger partial charge in [-0.25, -0.2) is 9.97 Å². The second-order valence-corrected chi connectivity index (χ2v) is 9.69. The Bertz CT molecular complexity index is 798. The monoisotopic (exact) mass is 482 g/mol. The van der Waals surface area contributed by atoms with E-state index in [9.17, 15) is 9.59 Å². The number of hydrogen-bond acceptors (Lipinski definition) is 8. The van der Waals surface area contributed by atoms with Crippen molar-refractivity contribution in [2.24, 2.45) is 5.92 Å². The molecule has 1 N–H and O–H groups in total. The van der Waals surface area contributed by atoms with Crippen molar-refractivity contribution in [3.05, 3.63) is 11.2 Å². The van der Waals surface area contributed by atoms with Gasteiger partial charge in [0.2, 0.25) is 11.8 Å². The van der Waals surface area contributed by atoms with Crippen LogP contribution in [0.4, 0.5) is 5.82 Å². The van der Waals surface area contributed by atoms with E-state index >= 15 is 0 Å². The number of hydrogen-bond donors (Lipinski definition) is 1. The van der Waals surface area contributed by atoms with Crippen molar-refractivity contribution in [2.75, 3.05) is 76.2 Å². The Labute approximate surface area is 198 Å². The molecule has 1 aliphatic carbocycles. The molecule has 0 unspecified atom stereocenters. The highest BCUT2D eigenvalue weighted by Gasteiger charge is 2.34. The molecule has 3 aliphatic rings. The normalized spacial score (nSPS) is 19.8. The quantitative estimate of drug-likeness (QED) is 0.242. The van der Waals surface area contributed by atoms with Crippen LogP contribution >= 0.6 is 23.4 Å². The number of carbonyl (C=O) groups excluding carboxylic acids is 2. The fourth-order valence-electron chi connectivity index (χ4n) is 3.89. The number of piperazine rings is 1. The van der Waals surface area contributed by atoms with Crippen LogP contribution in [0.3, 0.4) is 0 Å². The van der Waals surface area contributed by atoms with Crippen LogP contribution in [0, 0.1) is 5.92 Å². The predicted octanol–water partition coefficient (Wildman–Crippen LogP) is 1.12. The number of thioether (sulfide) groups is 1. The summed E-state index contributed by atoms with van der Waals surface area (Å²) in [5, 5.41) is 3.81. The fraction of sp³-hybridized carbons (Fsp3) is 0.714. The maximum atomic E-state index is 12.2. The molecule has 1 saturated carbocycles. The number of morpholine rings is 1. The summed E-state index contributed by atoms with van der Waals surface area (Å²) in [7, 11) is 0. The third-order valence-corrected chi connectivity index (χ3v) is 6.95. The van der Waals surface area contributed by atoms with Gasteiger partial charge in [0.1, 0.15) is 11.0 Å². The van der Waals surface area contributed by atoms with Gasteiger partial charge in [0.15, 0.2) is 5.16 Å². The fourth-order valence-corrected chi connectivity index (χ4v) is 4.80. The molecule has 1 aromatic rings. The molecule has 3 fully saturated rings. The molecular formula is C21H31ClN6O3S. The molecule has 11 heteroatoms. The molecule has 0 radical (unpaired) electrons. The molecule has 32 heavy (non-hydrogen) atoms. The zero-order chi connectivity index (χ0) is 22.3. The van der Waals surface area contributed by atoms with Crippen LogP contribution in [0.15, 0.2) is 11.2 Å². The Morgan fingerprint density at radius 3 is 2.59 bits per heavy atom. The first-order chi connectivity index (χ1) is 15.6.